The van der Waals surface area contributed by atoms with Crippen LogP contribution in [-0.2, 0) is 20.4 Å². The molecule has 0 radical (unpaired) electrons. The SMILES string of the molecule is CC(=O)Oc1ccc(C(=O)C[S+]2CCOCC2)cc1. The van der Waals surface area contributed by atoms with Crippen molar-refractivity contribution < 1.29 is 19.1 Å². The standard InChI is InChI=1S/C14H17O4S/c1-11(15)18-13-4-2-12(3-5-13)14(16)10-19-8-6-17-7-9-19/h2-5H,6-10H2,1H3/q+1. The molecule has 0 unspecified atom stereocenters. The second kappa shape index (κ2) is 6.73. The fourth-order valence-electron chi connectivity index (χ4n) is 1.85. The summed E-state index contributed by atoms with van der Waals surface area (Å²) in [6.07, 6.45) is 0. The van der Waals surface area contributed by atoms with Crippen LogP contribution in [0.4, 0.5) is 0 Å². The van der Waals surface area contributed by atoms with Crippen LogP contribution in [0.1, 0.15) is 17.3 Å². The molecule has 102 valence electrons. The van der Waals surface area contributed by atoms with E-state index in [-0.39, 0.29) is 22.6 Å². The third kappa shape index (κ3) is 4.36. The fraction of sp³-hybridized carbons (Fsp3) is 0.429. The smallest absolute Gasteiger partial charge is 0.308 e. The minimum Gasteiger partial charge on any atom is -0.427 e. The third-order valence-electron chi connectivity index (χ3n) is 2.81. The van der Waals surface area contributed by atoms with Crippen LogP contribution < -0.4 is 4.74 Å². The minimum atomic E-state index is -0.359. The van der Waals surface area contributed by atoms with Gasteiger partial charge < -0.3 is 9.47 Å². The summed E-state index contributed by atoms with van der Waals surface area (Å²) in [6.45, 7) is 2.88. The Morgan fingerprint density at radius 3 is 2.42 bits per heavy atom. The molecule has 0 aliphatic carbocycles. The van der Waals surface area contributed by atoms with Crippen LogP contribution in [-0.4, -0.2) is 42.2 Å². The van der Waals surface area contributed by atoms with Crippen LogP contribution in [0.2, 0.25) is 0 Å². The Bertz CT molecular complexity index is 449. The van der Waals surface area contributed by atoms with Gasteiger partial charge in [-0.1, -0.05) is 0 Å². The number of rotatable bonds is 4. The van der Waals surface area contributed by atoms with Gasteiger partial charge in [0.2, 0.25) is 5.78 Å². The van der Waals surface area contributed by atoms with Crippen LogP contribution in [0.3, 0.4) is 0 Å². The van der Waals surface area contributed by atoms with E-state index in [2.05, 4.69) is 0 Å². The van der Waals surface area contributed by atoms with E-state index in [4.69, 9.17) is 9.47 Å². The molecule has 1 fully saturated rings. The van der Waals surface area contributed by atoms with Gasteiger partial charge in [-0.25, -0.2) is 0 Å². The number of Topliss-reactive ketones (excluding diaryl/α,β-unsaturated/α-hetero) is 1. The Morgan fingerprint density at radius 2 is 1.84 bits per heavy atom. The molecule has 0 bridgehead atoms. The van der Waals surface area contributed by atoms with Crippen molar-refractivity contribution in [3.05, 3.63) is 29.8 Å². The first-order valence-electron chi connectivity index (χ1n) is 6.18. The summed E-state index contributed by atoms with van der Waals surface area (Å²) in [4.78, 5) is 22.9. The number of hydrogen-bond donors (Lipinski definition) is 0. The van der Waals surface area contributed by atoms with Crippen molar-refractivity contribution in [2.45, 2.75) is 6.92 Å². The van der Waals surface area contributed by atoms with E-state index in [0.29, 0.717) is 17.1 Å². The van der Waals surface area contributed by atoms with Crippen molar-refractivity contribution in [1.29, 1.82) is 0 Å². The molecule has 1 aliphatic rings. The van der Waals surface area contributed by atoms with E-state index in [1.807, 2.05) is 0 Å². The molecule has 1 heterocycles. The van der Waals surface area contributed by atoms with Gasteiger partial charge in [0.05, 0.1) is 13.2 Å². The van der Waals surface area contributed by atoms with Gasteiger partial charge in [0.15, 0.2) is 5.75 Å². The molecule has 0 N–H and O–H groups in total. The second-order valence-corrected chi connectivity index (χ2v) is 6.65. The number of benzene rings is 1. The molecule has 0 saturated carbocycles. The lowest BCUT2D eigenvalue weighted by atomic mass is 10.1. The van der Waals surface area contributed by atoms with Crippen LogP contribution in [0.15, 0.2) is 24.3 Å². The van der Waals surface area contributed by atoms with Crippen LogP contribution >= 0.6 is 0 Å². The molecule has 0 aromatic heterocycles. The Morgan fingerprint density at radius 1 is 1.21 bits per heavy atom. The second-order valence-electron chi connectivity index (χ2n) is 4.32. The summed E-state index contributed by atoms with van der Waals surface area (Å²) in [7, 11) is 0.150. The molecule has 0 spiro atoms. The first kappa shape index (κ1) is 14.1. The highest BCUT2D eigenvalue weighted by atomic mass is 32.2. The highest BCUT2D eigenvalue weighted by Gasteiger charge is 2.26. The first-order chi connectivity index (χ1) is 9.15. The maximum atomic E-state index is 12.1. The topological polar surface area (TPSA) is 52.6 Å². The summed E-state index contributed by atoms with van der Waals surface area (Å²) in [5.74, 6) is 2.82. The summed E-state index contributed by atoms with van der Waals surface area (Å²) in [6, 6.07) is 6.73. The third-order valence-corrected chi connectivity index (χ3v) is 4.96. The number of carbonyl (C=O) groups excluding carboxylic acids is 2. The van der Waals surface area contributed by atoms with Gasteiger partial charge in [0, 0.05) is 23.4 Å². The number of ketones is 1. The van der Waals surface area contributed by atoms with E-state index >= 15 is 0 Å². The van der Waals surface area contributed by atoms with Crippen LogP contribution in [0.25, 0.3) is 0 Å². The number of carbonyl (C=O) groups is 2. The molecular weight excluding hydrogens is 264 g/mol. The van der Waals surface area contributed by atoms with E-state index in [1.54, 1.807) is 24.3 Å². The molecule has 0 atom stereocenters. The maximum absolute atomic E-state index is 12.1. The Kier molecular flexibility index (Phi) is 4.99. The van der Waals surface area contributed by atoms with Gasteiger partial charge in [0.1, 0.15) is 17.3 Å². The summed E-state index contributed by atoms with van der Waals surface area (Å²) >= 11 is 0. The van der Waals surface area contributed by atoms with Crippen molar-refractivity contribution in [3.63, 3.8) is 0 Å². The molecule has 2 rings (SSSR count). The fourth-order valence-corrected chi connectivity index (χ4v) is 3.58. The molecule has 5 heteroatoms. The Labute approximate surface area is 115 Å². The van der Waals surface area contributed by atoms with Gasteiger partial charge in [0.25, 0.3) is 0 Å². The van der Waals surface area contributed by atoms with Gasteiger partial charge >= 0.3 is 5.97 Å². The van der Waals surface area contributed by atoms with Crippen molar-refractivity contribution in [2.75, 3.05) is 30.5 Å². The number of hydrogen-bond acceptors (Lipinski definition) is 4. The van der Waals surface area contributed by atoms with Crippen LogP contribution in [0.5, 0.6) is 5.75 Å². The minimum absolute atomic E-state index is 0.150. The summed E-state index contributed by atoms with van der Waals surface area (Å²) < 4.78 is 10.2. The van der Waals surface area contributed by atoms with Gasteiger partial charge in [-0.05, 0) is 24.3 Å². The van der Waals surface area contributed by atoms with Gasteiger partial charge in [-0.2, -0.15) is 0 Å². The molecular formula is C14H17O4S+. The monoisotopic (exact) mass is 281 g/mol. The highest BCUT2D eigenvalue weighted by molar-refractivity contribution is 7.97. The largest absolute Gasteiger partial charge is 0.427 e. The maximum Gasteiger partial charge on any atom is 0.308 e. The zero-order valence-corrected chi connectivity index (χ0v) is 11.7. The zero-order valence-electron chi connectivity index (χ0n) is 10.9. The molecule has 1 aromatic rings. The number of esters is 1. The van der Waals surface area contributed by atoms with E-state index in [9.17, 15) is 9.59 Å². The number of ether oxygens (including phenoxy) is 2. The molecule has 1 aliphatic heterocycles. The zero-order chi connectivity index (χ0) is 13.7. The first-order valence-corrected chi connectivity index (χ1v) is 7.92. The normalized spacial score (nSPS) is 16.1. The average Bonchev–Trinajstić information content (AvgIpc) is 2.40. The average molecular weight is 281 g/mol. The molecule has 4 nitrogen and oxygen atoms in total. The van der Waals surface area contributed by atoms with Gasteiger partial charge in [-0.3, -0.25) is 9.59 Å². The lowest BCUT2D eigenvalue weighted by Crippen LogP contribution is -2.31. The molecule has 19 heavy (non-hydrogen) atoms. The summed E-state index contributed by atoms with van der Waals surface area (Å²) in [5.41, 5.74) is 0.676. The van der Waals surface area contributed by atoms with Crippen molar-refractivity contribution in [1.82, 2.24) is 0 Å². The van der Waals surface area contributed by atoms with Crippen molar-refractivity contribution in [3.8, 4) is 5.75 Å². The van der Waals surface area contributed by atoms with E-state index in [1.165, 1.54) is 6.92 Å². The Balaban J connectivity index is 1.93. The van der Waals surface area contributed by atoms with Crippen molar-refractivity contribution in [2.24, 2.45) is 0 Å². The lowest BCUT2D eigenvalue weighted by Gasteiger charge is -2.13. The van der Waals surface area contributed by atoms with E-state index in [0.717, 1.165) is 24.7 Å². The van der Waals surface area contributed by atoms with E-state index < -0.39 is 0 Å². The lowest BCUT2D eigenvalue weighted by molar-refractivity contribution is -0.131. The summed E-state index contributed by atoms with van der Waals surface area (Å²) in [5, 5.41) is 0. The van der Waals surface area contributed by atoms with Crippen molar-refractivity contribution >= 4 is 22.6 Å². The predicted octanol–water partition coefficient (Wildman–Crippen LogP) is 1.44. The molecule has 1 saturated heterocycles. The predicted molar refractivity (Wildman–Crippen MR) is 74.9 cm³/mol. The quantitative estimate of drug-likeness (QED) is 0.363. The highest BCUT2D eigenvalue weighted by Crippen LogP contribution is 2.14. The van der Waals surface area contributed by atoms with Crippen LogP contribution in [0, 0.1) is 0 Å². The van der Waals surface area contributed by atoms with Gasteiger partial charge in [-0.15, -0.1) is 0 Å². The Hall–Kier alpha value is -1.33. The molecule has 0 amide bonds. The molecule has 1 aromatic carbocycles.